The molecular formula is C17H18BrClN4O4. The number of hydrogen-bond acceptors (Lipinski definition) is 6. The van der Waals surface area contributed by atoms with Crippen molar-refractivity contribution in [3.8, 4) is 5.95 Å². The lowest BCUT2D eigenvalue weighted by Gasteiger charge is -2.10. The zero-order chi connectivity index (χ0) is 19.4. The number of hydrogen-bond donors (Lipinski definition) is 0. The fourth-order valence-corrected chi connectivity index (χ4v) is 3.05. The maximum Gasteiger partial charge on any atom is 0.341 e. The molecule has 0 aliphatic carbocycles. The molecule has 0 N–H and O–H groups in total. The molecule has 1 aromatic carbocycles. The van der Waals surface area contributed by atoms with Gasteiger partial charge < -0.3 is 14.2 Å². The van der Waals surface area contributed by atoms with Crippen LogP contribution in [0.5, 0.6) is 0 Å². The van der Waals surface area contributed by atoms with E-state index in [4.69, 9.17) is 25.8 Å². The highest BCUT2D eigenvalue weighted by atomic mass is 79.9. The van der Waals surface area contributed by atoms with E-state index in [1.165, 1.54) is 10.9 Å². The second-order valence-corrected chi connectivity index (χ2v) is 6.69. The Morgan fingerprint density at radius 2 is 2.15 bits per heavy atom. The van der Waals surface area contributed by atoms with Crippen molar-refractivity contribution in [2.24, 2.45) is 0 Å². The number of fused-ring (bicyclic) bond motifs is 1. The standard InChI is InChI=1S/C17H18BrClN4O4/c1-3-27-16(24)11-8-20-23(9-11)17-21-15-13(5-4-12(19)14(15)18)22(17)10-26-7-6-25-2/h4-5,8-9H,3,6-7,10H2,1-2H3. The Balaban J connectivity index is 2.02. The number of aromatic nitrogens is 4. The minimum absolute atomic E-state index is 0.234. The summed E-state index contributed by atoms with van der Waals surface area (Å²) in [4.78, 5) is 16.6. The Morgan fingerprint density at radius 1 is 1.33 bits per heavy atom. The van der Waals surface area contributed by atoms with Crippen LogP contribution >= 0.6 is 27.5 Å². The Labute approximate surface area is 169 Å². The quantitative estimate of drug-likeness (QED) is 0.381. The molecular weight excluding hydrogens is 440 g/mol. The molecule has 0 fully saturated rings. The van der Waals surface area contributed by atoms with Crippen molar-refractivity contribution < 1.29 is 19.0 Å². The molecule has 0 spiro atoms. The van der Waals surface area contributed by atoms with Crippen molar-refractivity contribution in [1.29, 1.82) is 0 Å². The summed E-state index contributed by atoms with van der Waals surface area (Å²) in [6.45, 7) is 3.18. The highest BCUT2D eigenvalue weighted by Crippen LogP contribution is 2.32. The van der Waals surface area contributed by atoms with E-state index in [0.717, 1.165) is 5.52 Å². The van der Waals surface area contributed by atoms with E-state index >= 15 is 0 Å². The van der Waals surface area contributed by atoms with Gasteiger partial charge in [-0.2, -0.15) is 5.10 Å². The first-order valence-corrected chi connectivity index (χ1v) is 9.37. The Hall–Kier alpha value is -1.94. The van der Waals surface area contributed by atoms with Gasteiger partial charge in [0.2, 0.25) is 5.95 Å². The molecule has 3 aromatic rings. The minimum atomic E-state index is -0.438. The Kier molecular flexibility index (Phi) is 6.48. The van der Waals surface area contributed by atoms with E-state index in [2.05, 4.69) is 26.0 Å². The normalized spacial score (nSPS) is 11.3. The molecule has 8 nitrogen and oxygen atoms in total. The fraction of sp³-hybridized carbons (Fsp3) is 0.353. The number of esters is 1. The van der Waals surface area contributed by atoms with Crippen LogP contribution in [0.4, 0.5) is 0 Å². The molecule has 0 aliphatic rings. The number of benzene rings is 1. The summed E-state index contributed by atoms with van der Waals surface area (Å²) in [5.41, 5.74) is 1.82. The van der Waals surface area contributed by atoms with Gasteiger partial charge in [0.15, 0.2) is 0 Å². The van der Waals surface area contributed by atoms with Crippen molar-refractivity contribution in [1.82, 2.24) is 19.3 Å². The highest BCUT2D eigenvalue weighted by molar-refractivity contribution is 9.10. The molecule has 0 radical (unpaired) electrons. The van der Waals surface area contributed by atoms with Gasteiger partial charge in [0, 0.05) is 13.3 Å². The third-order valence-electron chi connectivity index (χ3n) is 3.74. The fourth-order valence-electron chi connectivity index (χ4n) is 2.47. The van der Waals surface area contributed by atoms with E-state index < -0.39 is 5.97 Å². The van der Waals surface area contributed by atoms with Crippen LogP contribution in [0.1, 0.15) is 17.3 Å². The summed E-state index contributed by atoms with van der Waals surface area (Å²) in [6, 6.07) is 3.63. The second-order valence-electron chi connectivity index (χ2n) is 5.49. The minimum Gasteiger partial charge on any atom is -0.462 e. The topological polar surface area (TPSA) is 80.4 Å². The van der Waals surface area contributed by atoms with Crippen LogP contribution in [-0.2, 0) is 20.9 Å². The summed E-state index contributed by atoms with van der Waals surface area (Å²) in [6.07, 6.45) is 3.01. The Bertz CT molecular complexity index is 956. The first kappa shape index (κ1) is 19.8. The summed E-state index contributed by atoms with van der Waals surface area (Å²) >= 11 is 9.66. The molecule has 10 heteroatoms. The summed E-state index contributed by atoms with van der Waals surface area (Å²) in [7, 11) is 1.61. The molecule has 0 unspecified atom stereocenters. The molecule has 0 bridgehead atoms. The molecule has 0 amide bonds. The van der Waals surface area contributed by atoms with Gasteiger partial charge in [-0.25, -0.2) is 14.5 Å². The lowest BCUT2D eigenvalue weighted by molar-refractivity contribution is 0.0356. The SMILES string of the molecule is CCOC(=O)c1cnn(-c2nc3c(Br)c(Cl)ccc3n2COCCOC)c1. The lowest BCUT2D eigenvalue weighted by Crippen LogP contribution is -2.12. The summed E-state index contributed by atoms with van der Waals surface area (Å²) < 4.78 is 19.7. The van der Waals surface area contributed by atoms with Gasteiger partial charge in [-0.15, -0.1) is 0 Å². The predicted molar refractivity (Wildman–Crippen MR) is 103 cm³/mol. The maximum absolute atomic E-state index is 11.9. The van der Waals surface area contributed by atoms with Crippen LogP contribution in [0.25, 0.3) is 17.0 Å². The molecule has 144 valence electrons. The molecule has 27 heavy (non-hydrogen) atoms. The number of methoxy groups -OCH3 is 1. The first-order valence-electron chi connectivity index (χ1n) is 8.19. The van der Waals surface area contributed by atoms with Crippen molar-refractivity contribution in [2.75, 3.05) is 26.9 Å². The van der Waals surface area contributed by atoms with E-state index in [1.54, 1.807) is 26.3 Å². The van der Waals surface area contributed by atoms with E-state index in [-0.39, 0.29) is 6.73 Å². The van der Waals surface area contributed by atoms with Gasteiger partial charge in [-0.3, -0.25) is 4.57 Å². The van der Waals surface area contributed by atoms with Crippen molar-refractivity contribution in [3.05, 3.63) is 39.6 Å². The van der Waals surface area contributed by atoms with Crippen molar-refractivity contribution >= 4 is 44.5 Å². The lowest BCUT2D eigenvalue weighted by atomic mass is 10.3. The van der Waals surface area contributed by atoms with Gasteiger partial charge >= 0.3 is 5.97 Å². The molecule has 2 heterocycles. The second kappa shape index (κ2) is 8.83. The predicted octanol–water partition coefficient (Wildman–Crippen LogP) is 3.44. The molecule has 2 aromatic heterocycles. The number of imidazole rings is 1. The van der Waals surface area contributed by atoms with Crippen LogP contribution in [0, 0.1) is 0 Å². The number of ether oxygens (including phenoxy) is 3. The molecule has 3 rings (SSSR count). The van der Waals surface area contributed by atoms with Crippen LogP contribution in [0.15, 0.2) is 29.0 Å². The zero-order valence-corrected chi connectivity index (χ0v) is 17.2. The van der Waals surface area contributed by atoms with Crippen LogP contribution in [0.2, 0.25) is 5.02 Å². The summed E-state index contributed by atoms with van der Waals surface area (Å²) in [5, 5.41) is 4.79. The van der Waals surface area contributed by atoms with Gasteiger partial charge in [0.1, 0.15) is 12.2 Å². The number of rotatable bonds is 8. The average Bonchev–Trinajstić information content (AvgIpc) is 3.27. The monoisotopic (exact) mass is 456 g/mol. The zero-order valence-electron chi connectivity index (χ0n) is 14.8. The van der Waals surface area contributed by atoms with Crippen molar-refractivity contribution in [2.45, 2.75) is 13.7 Å². The average molecular weight is 458 g/mol. The largest absolute Gasteiger partial charge is 0.462 e. The van der Waals surface area contributed by atoms with Crippen LogP contribution < -0.4 is 0 Å². The Morgan fingerprint density at radius 3 is 2.89 bits per heavy atom. The number of carbonyl (C=O) groups excluding carboxylic acids is 1. The number of nitrogens with zero attached hydrogens (tertiary/aromatic N) is 4. The van der Waals surface area contributed by atoms with Gasteiger partial charge in [-0.05, 0) is 35.0 Å². The molecule has 0 aliphatic heterocycles. The number of carbonyl (C=O) groups is 1. The van der Waals surface area contributed by atoms with Gasteiger partial charge in [0.25, 0.3) is 0 Å². The smallest absolute Gasteiger partial charge is 0.341 e. The third kappa shape index (κ3) is 4.16. The third-order valence-corrected chi connectivity index (χ3v) is 5.09. The summed E-state index contributed by atoms with van der Waals surface area (Å²) in [5.74, 6) is 0.0490. The highest BCUT2D eigenvalue weighted by Gasteiger charge is 2.18. The van der Waals surface area contributed by atoms with E-state index in [9.17, 15) is 4.79 Å². The molecule has 0 saturated carbocycles. The van der Waals surface area contributed by atoms with Gasteiger partial charge in [-0.1, -0.05) is 11.6 Å². The molecule has 0 atom stereocenters. The maximum atomic E-state index is 11.9. The van der Waals surface area contributed by atoms with Crippen LogP contribution in [-0.4, -0.2) is 52.2 Å². The van der Waals surface area contributed by atoms with E-state index in [1.807, 2.05) is 10.6 Å². The van der Waals surface area contributed by atoms with Crippen molar-refractivity contribution in [3.63, 3.8) is 0 Å². The van der Waals surface area contributed by atoms with Crippen LogP contribution in [0.3, 0.4) is 0 Å². The van der Waals surface area contributed by atoms with Gasteiger partial charge in [0.05, 0.1) is 46.6 Å². The molecule has 0 saturated heterocycles. The van der Waals surface area contributed by atoms with E-state index in [0.29, 0.717) is 46.3 Å². The first-order chi connectivity index (χ1) is 13.1. The number of halogens is 2.